The van der Waals surface area contributed by atoms with E-state index in [0.717, 1.165) is 57.1 Å². The van der Waals surface area contributed by atoms with E-state index >= 15 is 0 Å². The van der Waals surface area contributed by atoms with E-state index in [1.165, 1.54) is 18.5 Å². The molecule has 1 N–H and O–H groups in total. The number of aromatic hydroxyl groups is 1. The highest BCUT2D eigenvalue weighted by Gasteiger charge is 2.28. The number of phenolic OH excluding ortho intramolecular Hbond substituents is 1. The third-order valence-corrected chi connectivity index (χ3v) is 6.53. The number of benzene rings is 2. The second-order valence-electron chi connectivity index (χ2n) is 8.45. The Morgan fingerprint density at radius 3 is 2.48 bits per heavy atom. The van der Waals surface area contributed by atoms with Gasteiger partial charge in [0.1, 0.15) is 5.75 Å². The highest BCUT2D eigenvalue weighted by atomic mass is 16.5. The second-order valence-corrected chi connectivity index (χ2v) is 8.45. The van der Waals surface area contributed by atoms with Crippen LogP contribution in [-0.2, 0) is 6.54 Å². The van der Waals surface area contributed by atoms with Gasteiger partial charge in [-0.05, 0) is 56.6 Å². The van der Waals surface area contributed by atoms with Crippen molar-refractivity contribution in [3.63, 3.8) is 0 Å². The Bertz CT molecular complexity index is 834. The lowest BCUT2D eigenvalue weighted by Gasteiger charge is -2.44. The number of phenols is 1. The van der Waals surface area contributed by atoms with Crippen molar-refractivity contribution < 1.29 is 14.6 Å². The van der Waals surface area contributed by atoms with Gasteiger partial charge >= 0.3 is 0 Å². The van der Waals surface area contributed by atoms with E-state index in [2.05, 4.69) is 26.8 Å². The number of hydrogen-bond acceptors (Lipinski definition) is 6. The van der Waals surface area contributed by atoms with Crippen molar-refractivity contribution in [2.75, 3.05) is 57.9 Å². The van der Waals surface area contributed by atoms with Gasteiger partial charge < -0.3 is 19.5 Å². The smallest absolute Gasteiger partial charge is 0.162 e. The Kier molecular flexibility index (Phi) is 7.20. The molecule has 2 aliphatic rings. The molecule has 0 aliphatic carbocycles. The molecule has 6 nitrogen and oxygen atoms in total. The molecule has 0 bridgehead atoms. The number of ether oxygens (including phenoxy) is 2. The summed E-state index contributed by atoms with van der Waals surface area (Å²) in [4.78, 5) is 7.60. The van der Waals surface area contributed by atoms with Crippen molar-refractivity contribution >= 4 is 5.69 Å². The summed E-state index contributed by atoms with van der Waals surface area (Å²) in [5.41, 5.74) is 2.23. The Labute approximate surface area is 186 Å². The van der Waals surface area contributed by atoms with Gasteiger partial charge in [-0.25, -0.2) is 0 Å². The molecule has 2 saturated heterocycles. The third kappa shape index (κ3) is 5.25. The van der Waals surface area contributed by atoms with Gasteiger partial charge in [-0.15, -0.1) is 0 Å². The first-order valence-corrected chi connectivity index (χ1v) is 11.5. The van der Waals surface area contributed by atoms with Crippen LogP contribution in [0.2, 0.25) is 0 Å². The molecule has 2 fully saturated rings. The highest BCUT2D eigenvalue weighted by molar-refractivity contribution is 5.49. The quantitative estimate of drug-likeness (QED) is 0.732. The molecule has 2 heterocycles. The lowest BCUT2D eigenvalue weighted by Crippen LogP contribution is -2.55. The van der Waals surface area contributed by atoms with Crippen molar-refractivity contribution in [3.8, 4) is 17.2 Å². The summed E-state index contributed by atoms with van der Waals surface area (Å²) < 4.78 is 10.8. The van der Waals surface area contributed by atoms with Gasteiger partial charge in [0.25, 0.3) is 0 Å². The van der Waals surface area contributed by atoms with Crippen LogP contribution in [0.25, 0.3) is 0 Å². The zero-order valence-electron chi connectivity index (χ0n) is 18.8. The molecule has 0 spiro atoms. The largest absolute Gasteiger partial charge is 0.504 e. The van der Waals surface area contributed by atoms with E-state index in [-0.39, 0.29) is 0 Å². The fourth-order valence-electron chi connectivity index (χ4n) is 4.82. The molecule has 0 aromatic heterocycles. The zero-order valence-corrected chi connectivity index (χ0v) is 18.8. The van der Waals surface area contributed by atoms with E-state index < -0.39 is 0 Å². The number of piperidine rings is 1. The Hall–Kier alpha value is -2.44. The van der Waals surface area contributed by atoms with Crippen LogP contribution in [0.4, 0.5) is 5.69 Å². The number of methoxy groups -OCH3 is 1. The van der Waals surface area contributed by atoms with Crippen molar-refractivity contribution in [3.05, 3.63) is 48.0 Å². The van der Waals surface area contributed by atoms with E-state index in [1.807, 2.05) is 37.3 Å². The lowest BCUT2D eigenvalue weighted by molar-refractivity contribution is 0.0882. The highest BCUT2D eigenvalue weighted by Crippen LogP contribution is 2.31. The van der Waals surface area contributed by atoms with Gasteiger partial charge in [0.2, 0.25) is 0 Å². The van der Waals surface area contributed by atoms with Gasteiger partial charge in [-0.3, -0.25) is 9.80 Å². The van der Waals surface area contributed by atoms with E-state index in [9.17, 15) is 5.11 Å². The van der Waals surface area contributed by atoms with Crippen LogP contribution in [0.3, 0.4) is 0 Å². The molecule has 0 radical (unpaired) electrons. The fourth-order valence-corrected chi connectivity index (χ4v) is 4.82. The molecule has 0 saturated carbocycles. The maximum absolute atomic E-state index is 10.6. The molecule has 168 valence electrons. The first-order chi connectivity index (χ1) is 15.2. The molecule has 0 amide bonds. The monoisotopic (exact) mass is 425 g/mol. The number of rotatable bonds is 7. The van der Waals surface area contributed by atoms with Gasteiger partial charge in [-0.2, -0.15) is 0 Å². The minimum atomic E-state index is 0.291. The topological polar surface area (TPSA) is 48.4 Å². The summed E-state index contributed by atoms with van der Waals surface area (Å²) in [7, 11) is 1.71. The minimum absolute atomic E-state index is 0.291. The molecule has 1 unspecified atom stereocenters. The molecular formula is C25H35N3O3. The molecular weight excluding hydrogens is 390 g/mol. The first-order valence-electron chi connectivity index (χ1n) is 11.5. The van der Waals surface area contributed by atoms with Crippen LogP contribution in [0.15, 0.2) is 42.5 Å². The van der Waals surface area contributed by atoms with Crippen molar-refractivity contribution in [1.29, 1.82) is 0 Å². The number of piperazine rings is 1. The Morgan fingerprint density at radius 1 is 1.00 bits per heavy atom. The molecule has 6 heteroatoms. The van der Waals surface area contributed by atoms with E-state index in [0.29, 0.717) is 24.1 Å². The van der Waals surface area contributed by atoms with Gasteiger partial charge in [0.15, 0.2) is 11.5 Å². The third-order valence-electron chi connectivity index (χ3n) is 6.53. The maximum atomic E-state index is 10.6. The number of para-hydroxylation sites is 1. The molecule has 4 rings (SSSR count). The summed E-state index contributed by atoms with van der Waals surface area (Å²) in [5, 5.41) is 10.6. The molecule has 2 aliphatic heterocycles. The minimum Gasteiger partial charge on any atom is -0.504 e. The Morgan fingerprint density at radius 2 is 1.77 bits per heavy atom. The van der Waals surface area contributed by atoms with Crippen LogP contribution in [0.1, 0.15) is 25.3 Å². The SMILES string of the molecule is CCOc1cccc(CN2CCCC(N3CCN(c4ccc(OC)cc4)CC3)C2)c1O. The van der Waals surface area contributed by atoms with Gasteiger partial charge in [-0.1, -0.05) is 12.1 Å². The average Bonchev–Trinajstić information content (AvgIpc) is 2.82. The average molecular weight is 426 g/mol. The summed E-state index contributed by atoms with van der Waals surface area (Å²) >= 11 is 0. The van der Waals surface area contributed by atoms with Crippen LogP contribution < -0.4 is 14.4 Å². The molecule has 31 heavy (non-hydrogen) atoms. The van der Waals surface area contributed by atoms with Crippen LogP contribution in [0, 0.1) is 0 Å². The molecule has 2 aromatic carbocycles. The van der Waals surface area contributed by atoms with Gasteiger partial charge in [0.05, 0.1) is 13.7 Å². The van der Waals surface area contributed by atoms with Crippen molar-refractivity contribution in [2.24, 2.45) is 0 Å². The summed E-state index contributed by atoms with van der Waals surface area (Å²) in [6, 6.07) is 14.8. The predicted molar refractivity (Wildman–Crippen MR) is 124 cm³/mol. The normalized spacial score (nSPS) is 20.6. The Balaban J connectivity index is 1.31. The van der Waals surface area contributed by atoms with Gasteiger partial charge in [0, 0.05) is 56.6 Å². The van der Waals surface area contributed by atoms with Crippen LogP contribution in [0.5, 0.6) is 17.2 Å². The van der Waals surface area contributed by atoms with E-state index in [1.54, 1.807) is 7.11 Å². The number of nitrogens with zero attached hydrogens (tertiary/aromatic N) is 3. The lowest BCUT2D eigenvalue weighted by atomic mass is 10.0. The maximum Gasteiger partial charge on any atom is 0.162 e. The van der Waals surface area contributed by atoms with E-state index in [4.69, 9.17) is 9.47 Å². The fraction of sp³-hybridized carbons (Fsp3) is 0.520. The van der Waals surface area contributed by atoms with Crippen LogP contribution in [-0.4, -0.2) is 73.9 Å². The first kappa shape index (κ1) is 21.8. The number of anilines is 1. The van der Waals surface area contributed by atoms with Crippen molar-refractivity contribution in [1.82, 2.24) is 9.80 Å². The van der Waals surface area contributed by atoms with Crippen LogP contribution >= 0.6 is 0 Å². The molecule has 1 atom stereocenters. The predicted octanol–water partition coefficient (Wildman–Crippen LogP) is 3.59. The number of likely N-dealkylation sites (tertiary alicyclic amines) is 1. The summed E-state index contributed by atoms with van der Waals surface area (Å²) in [5.74, 6) is 1.78. The van der Waals surface area contributed by atoms with Crippen molar-refractivity contribution in [2.45, 2.75) is 32.4 Å². The summed E-state index contributed by atoms with van der Waals surface area (Å²) in [6.45, 7) is 9.71. The standard InChI is InChI=1S/C25H35N3O3/c1-3-31-24-8-4-6-20(25(24)29)18-26-13-5-7-22(19-26)28-16-14-27(15-17-28)21-9-11-23(30-2)12-10-21/h4,6,8-12,22,29H,3,5,7,13-19H2,1-2H3. The molecule has 2 aromatic rings. The second kappa shape index (κ2) is 10.2. The summed E-state index contributed by atoms with van der Waals surface area (Å²) in [6.07, 6.45) is 2.46. The zero-order chi connectivity index (χ0) is 21.6. The number of hydrogen-bond donors (Lipinski definition) is 1.